The summed E-state index contributed by atoms with van der Waals surface area (Å²) in [6.45, 7) is 10.4. The molecule has 0 saturated carbocycles. The number of carbonyl (C=O) groups excluding carboxylic acids is 1. The number of hydrogen-bond donors (Lipinski definition) is 0. The Morgan fingerprint density at radius 3 is 1.76 bits per heavy atom. The third-order valence-corrected chi connectivity index (χ3v) is 18.3. The van der Waals surface area contributed by atoms with Crippen molar-refractivity contribution in [3.8, 4) is 0 Å². The van der Waals surface area contributed by atoms with Crippen molar-refractivity contribution >= 4 is 24.3 Å². The predicted octanol–water partition coefficient (Wildman–Crippen LogP) is 5.88. The van der Waals surface area contributed by atoms with Gasteiger partial charge < -0.3 is 0 Å². The third kappa shape index (κ3) is 10.4. The molecule has 0 heterocycles. The first-order valence-electron chi connectivity index (χ1n) is 8.86. The molecule has 0 fully saturated rings. The molecule has 0 radical (unpaired) electrons. The Balaban J connectivity index is 4.91. The van der Waals surface area contributed by atoms with Gasteiger partial charge in [-0.2, -0.15) is 0 Å². The molecular weight excluding hydrogens is 367 g/mol. The average molecular weight is 403 g/mol. The van der Waals surface area contributed by atoms with E-state index >= 15 is 0 Å². The molecule has 0 saturated heterocycles. The van der Waals surface area contributed by atoms with Gasteiger partial charge in [0.1, 0.15) is 0 Å². The van der Waals surface area contributed by atoms with E-state index < -0.39 is 18.4 Å². The molecule has 0 bridgehead atoms. The van der Waals surface area contributed by atoms with Crippen molar-refractivity contribution in [2.24, 2.45) is 0 Å². The van der Waals surface area contributed by atoms with E-state index in [1.165, 1.54) is 58.8 Å². The third-order valence-electron chi connectivity index (χ3n) is 4.16. The molecule has 0 amide bonds. The van der Waals surface area contributed by atoms with Crippen molar-refractivity contribution in [1.29, 1.82) is 0 Å². The van der Waals surface area contributed by atoms with Gasteiger partial charge in [0, 0.05) is 0 Å². The molecule has 0 spiro atoms. The molecule has 0 aliphatic heterocycles. The molecular formula is C18H36O2Sn. The molecule has 1 atom stereocenters. The quantitative estimate of drug-likeness (QED) is 0.300. The van der Waals surface area contributed by atoms with Gasteiger partial charge in [-0.15, -0.1) is 0 Å². The fourth-order valence-electron chi connectivity index (χ4n) is 2.85. The van der Waals surface area contributed by atoms with Crippen LogP contribution in [-0.4, -0.2) is 30.5 Å². The Hall–Kier alpha value is 0.00870. The first kappa shape index (κ1) is 21.0. The van der Waals surface area contributed by atoms with Crippen LogP contribution in [-0.2, 0) is 9.53 Å². The van der Waals surface area contributed by atoms with E-state index in [0.717, 1.165) is 0 Å². The zero-order valence-corrected chi connectivity index (χ0v) is 17.8. The maximum absolute atomic E-state index is 11.1. The van der Waals surface area contributed by atoms with E-state index in [9.17, 15) is 4.79 Å². The zero-order chi connectivity index (χ0) is 16.1. The van der Waals surface area contributed by atoms with Gasteiger partial charge >= 0.3 is 137 Å². The van der Waals surface area contributed by atoms with Crippen molar-refractivity contribution in [2.75, 3.05) is 0 Å². The van der Waals surface area contributed by atoms with Crippen molar-refractivity contribution in [3.63, 3.8) is 0 Å². The maximum atomic E-state index is 11.1. The van der Waals surface area contributed by atoms with E-state index in [1.807, 2.05) is 6.92 Å². The normalized spacial score (nSPS) is 13.6. The van der Waals surface area contributed by atoms with Crippen molar-refractivity contribution in [3.05, 3.63) is 10.2 Å². The van der Waals surface area contributed by atoms with Gasteiger partial charge in [0.15, 0.2) is 0 Å². The molecule has 0 N–H and O–H groups in total. The number of unbranched alkanes of at least 4 members (excludes halogenated alkanes) is 3. The second-order valence-electron chi connectivity index (χ2n) is 6.35. The second-order valence-corrected chi connectivity index (χ2v) is 19.4. The van der Waals surface area contributed by atoms with Crippen LogP contribution >= 0.6 is 0 Å². The van der Waals surface area contributed by atoms with Crippen LogP contribution in [0.15, 0.2) is 10.2 Å². The van der Waals surface area contributed by atoms with Gasteiger partial charge in [0.05, 0.1) is 0 Å². The van der Waals surface area contributed by atoms with Gasteiger partial charge in [0.25, 0.3) is 0 Å². The van der Waals surface area contributed by atoms with Gasteiger partial charge in [-0.1, -0.05) is 0 Å². The van der Waals surface area contributed by atoms with Crippen LogP contribution in [0.25, 0.3) is 0 Å². The fraction of sp³-hybridized carbons (Fsp3) is 0.833. The molecule has 21 heavy (non-hydrogen) atoms. The van der Waals surface area contributed by atoms with Crippen molar-refractivity contribution in [2.45, 2.75) is 92.6 Å². The Morgan fingerprint density at radius 1 is 1.00 bits per heavy atom. The molecule has 0 aromatic heterocycles. The summed E-state index contributed by atoms with van der Waals surface area (Å²) in [4.78, 5) is 11.1. The predicted molar refractivity (Wildman–Crippen MR) is 95.3 cm³/mol. The molecule has 3 heteroatoms. The summed E-state index contributed by atoms with van der Waals surface area (Å²) < 4.78 is 12.2. The monoisotopic (exact) mass is 404 g/mol. The van der Waals surface area contributed by atoms with Gasteiger partial charge in [-0.3, -0.25) is 0 Å². The van der Waals surface area contributed by atoms with Gasteiger partial charge in [-0.05, 0) is 0 Å². The molecule has 0 aromatic carbocycles. The first-order chi connectivity index (χ1) is 9.99. The SMILES string of the molecule is CCC[CH2][Sn](/[CH]=C/[C@H](C)OC(C)=O)([CH2]CCC)[CH2]CCC. The Bertz CT molecular complexity index is 278. The average Bonchev–Trinajstić information content (AvgIpc) is 2.45. The van der Waals surface area contributed by atoms with E-state index in [1.54, 1.807) is 0 Å². The van der Waals surface area contributed by atoms with Crippen LogP contribution in [0.5, 0.6) is 0 Å². The summed E-state index contributed by atoms with van der Waals surface area (Å²) in [5.41, 5.74) is 0. The Morgan fingerprint density at radius 2 is 1.43 bits per heavy atom. The van der Waals surface area contributed by atoms with Crippen LogP contribution in [0.2, 0.25) is 13.3 Å². The van der Waals surface area contributed by atoms with Crippen LogP contribution in [0.4, 0.5) is 0 Å². The number of rotatable bonds is 12. The van der Waals surface area contributed by atoms with Crippen LogP contribution in [0.1, 0.15) is 73.1 Å². The Labute approximate surface area is 136 Å². The van der Waals surface area contributed by atoms with Crippen LogP contribution in [0, 0.1) is 0 Å². The fourth-order valence-corrected chi connectivity index (χ4v) is 17.4. The van der Waals surface area contributed by atoms with Gasteiger partial charge in [-0.25, -0.2) is 0 Å². The number of hydrogen-bond acceptors (Lipinski definition) is 2. The van der Waals surface area contributed by atoms with Crippen LogP contribution in [0.3, 0.4) is 0 Å². The van der Waals surface area contributed by atoms with Gasteiger partial charge in [0.2, 0.25) is 0 Å². The topological polar surface area (TPSA) is 26.3 Å². The molecule has 0 rings (SSSR count). The summed E-state index contributed by atoms with van der Waals surface area (Å²) in [6, 6.07) is 0. The molecule has 2 nitrogen and oxygen atoms in total. The second kappa shape index (κ2) is 12.5. The molecule has 124 valence electrons. The standard InChI is InChI=1S/C6H9O2.3C4H9.Sn/c1-4-5(2)8-6(3)7;3*1-3-4-2;/h1,4-5H,2-3H3;3*1,3-4H2,2H3;/t5-;;;;/m0..../s1. The molecule has 0 aromatic rings. The number of esters is 1. The summed E-state index contributed by atoms with van der Waals surface area (Å²) in [5, 5.41) is 0. The molecule has 0 aliphatic rings. The zero-order valence-electron chi connectivity index (χ0n) is 14.9. The Kier molecular flexibility index (Phi) is 12.5. The van der Waals surface area contributed by atoms with Crippen molar-refractivity contribution < 1.29 is 9.53 Å². The van der Waals surface area contributed by atoms with Crippen LogP contribution < -0.4 is 0 Å². The first-order valence-corrected chi connectivity index (χ1v) is 16.6. The summed E-state index contributed by atoms with van der Waals surface area (Å²) >= 11 is -2.19. The summed E-state index contributed by atoms with van der Waals surface area (Å²) in [6.07, 6.45) is 10.1. The number of ether oxygens (including phenoxy) is 1. The van der Waals surface area contributed by atoms with E-state index in [0.29, 0.717) is 0 Å². The number of carbonyl (C=O) groups is 1. The minimum absolute atomic E-state index is 0.0662. The summed E-state index contributed by atoms with van der Waals surface area (Å²) in [7, 11) is 0. The van der Waals surface area contributed by atoms with E-state index in [2.05, 4.69) is 30.9 Å². The van der Waals surface area contributed by atoms with E-state index in [-0.39, 0.29) is 12.1 Å². The van der Waals surface area contributed by atoms with E-state index in [4.69, 9.17) is 4.74 Å². The summed E-state index contributed by atoms with van der Waals surface area (Å²) in [5.74, 6) is -0.177. The minimum atomic E-state index is -2.19. The molecule has 0 aliphatic carbocycles. The van der Waals surface area contributed by atoms with Crippen molar-refractivity contribution in [1.82, 2.24) is 0 Å². The molecule has 0 unspecified atom stereocenters.